The van der Waals surface area contributed by atoms with Crippen LogP contribution in [0, 0.1) is 0 Å². The summed E-state index contributed by atoms with van der Waals surface area (Å²) in [5, 5.41) is 9.09. The average Bonchev–Trinajstić information content (AvgIpc) is 3.60. The quantitative estimate of drug-likeness (QED) is 0.230. The number of para-hydroxylation sites is 2. The van der Waals surface area contributed by atoms with Crippen LogP contribution in [-0.2, 0) is 0 Å². The van der Waals surface area contributed by atoms with Crippen LogP contribution in [-0.4, -0.2) is 0 Å². The van der Waals surface area contributed by atoms with Crippen LogP contribution >= 0.6 is 0 Å². The summed E-state index contributed by atoms with van der Waals surface area (Å²) in [7, 11) is 0. The normalized spacial score (nSPS) is 11.9. The number of rotatable bonds is 3. The van der Waals surface area contributed by atoms with Gasteiger partial charge in [0.2, 0.25) is 0 Å². The van der Waals surface area contributed by atoms with Crippen molar-refractivity contribution in [1.82, 2.24) is 0 Å². The van der Waals surface area contributed by atoms with E-state index in [4.69, 9.17) is 8.83 Å². The van der Waals surface area contributed by atoms with Crippen molar-refractivity contribution in [3.63, 3.8) is 0 Å². The lowest BCUT2D eigenvalue weighted by Crippen LogP contribution is -2.09. The van der Waals surface area contributed by atoms with Gasteiger partial charge in [-0.1, -0.05) is 72.8 Å². The number of furan rings is 2. The first kappa shape index (κ1) is 22.3. The predicted octanol–water partition coefficient (Wildman–Crippen LogP) is 11.3. The van der Waals surface area contributed by atoms with E-state index in [1.165, 1.54) is 5.39 Å². The van der Waals surface area contributed by atoms with Gasteiger partial charge in [-0.15, -0.1) is 0 Å². The van der Waals surface area contributed by atoms with Crippen molar-refractivity contribution in [2.45, 2.75) is 0 Å². The van der Waals surface area contributed by atoms with Crippen LogP contribution < -0.4 is 4.90 Å². The predicted molar refractivity (Wildman–Crippen MR) is 171 cm³/mol. The van der Waals surface area contributed by atoms with Crippen molar-refractivity contribution < 1.29 is 8.83 Å². The first-order chi connectivity index (χ1) is 20.3. The Kier molecular flexibility index (Phi) is 4.61. The lowest BCUT2D eigenvalue weighted by atomic mass is 10.0. The van der Waals surface area contributed by atoms with Crippen molar-refractivity contribution in [1.29, 1.82) is 0 Å². The van der Waals surface area contributed by atoms with E-state index in [9.17, 15) is 0 Å². The van der Waals surface area contributed by atoms with E-state index in [1.54, 1.807) is 0 Å². The zero-order valence-corrected chi connectivity index (χ0v) is 22.0. The smallest absolute Gasteiger partial charge is 0.143 e. The Balaban J connectivity index is 1.24. The topological polar surface area (TPSA) is 29.5 Å². The third-order valence-corrected chi connectivity index (χ3v) is 8.22. The summed E-state index contributed by atoms with van der Waals surface area (Å²) in [6, 6.07) is 48.9. The molecule has 0 bridgehead atoms. The van der Waals surface area contributed by atoms with Crippen LogP contribution in [0.5, 0.6) is 0 Å². The molecule has 0 radical (unpaired) electrons. The van der Waals surface area contributed by atoms with Gasteiger partial charge in [-0.2, -0.15) is 0 Å². The zero-order valence-electron chi connectivity index (χ0n) is 22.0. The molecule has 3 nitrogen and oxygen atoms in total. The third kappa shape index (κ3) is 3.33. The molecule has 0 aliphatic carbocycles. The Morgan fingerprint density at radius 1 is 0.341 bits per heavy atom. The maximum Gasteiger partial charge on any atom is 0.143 e. The lowest BCUT2D eigenvalue weighted by molar-refractivity contribution is 0.672. The van der Waals surface area contributed by atoms with Crippen LogP contribution in [0.4, 0.5) is 17.1 Å². The van der Waals surface area contributed by atoms with Crippen LogP contribution in [0.3, 0.4) is 0 Å². The van der Waals surface area contributed by atoms with Gasteiger partial charge in [0.1, 0.15) is 22.3 Å². The van der Waals surface area contributed by atoms with Gasteiger partial charge in [-0.3, -0.25) is 0 Å². The van der Waals surface area contributed by atoms with E-state index in [0.717, 1.165) is 77.1 Å². The molecule has 41 heavy (non-hydrogen) atoms. The molecule has 7 aromatic carbocycles. The molecule has 2 aromatic heterocycles. The molecule has 0 amide bonds. The van der Waals surface area contributed by atoms with Gasteiger partial charge in [0.25, 0.3) is 0 Å². The van der Waals surface area contributed by atoms with Crippen LogP contribution in [0.2, 0.25) is 0 Å². The summed E-state index contributed by atoms with van der Waals surface area (Å²) in [4.78, 5) is 2.28. The highest BCUT2D eigenvalue weighted by atomic mass is 16.3. The summed E-state index contributed by atoms with van der Waals surface area (Å²) in [5.74, 6) is 0. The van der Waals surface area contributed by atoms with Gasteiger partial charge < -0.3 is 13.7 Å². The largest absolute Gasteiger partial charge is 0.455 e. The standard InChI is InChI=1S/C38H23NO2/c1-2-9-26(10-3-1)39(27-16-20-30-25(22-27)15-19-33-31-12-6-7-13-35(31)40-38(30)33)28-17-21-32-34-18-14-24-8-4-5-11-29(24)37(34)41-36(32)23-28/h1-23H. The van der Waals surface area contributed by atoms with Gasteiger partial charge in [0.05, 0.1) is 0 Å². The molecule has 0 fully saturated rings. The van der Waals surface area contributed by atoms with E-state index >= 15 is 0 Å². The second-order valence-corrected chi connectivity index (χ2v) is 10.6. The van der Waals surface area contributed by atoms with E-state index in [2.05, 4.69) is 126 Å². The van der Waals surface area contributed by atoms with Gasteiger partial charge in [0.15, 0.2) is 0 Å². The summed E-state index contributed by atoms with van der Waals surface area (Å²) >= 11 is 0. The first-order valence-electron chi connectivity index (χ1n) is 13.9. The maximum atomic E-state index is 6.54. The Bertz CT molecular complexity index is 2430. The molecule has 0 atom stereocenters. The van der Waals surface area contributed by atoms with Crippen molar-refractivity contribution in [2.24, 2.45) is 0 Å². The average molecular weight is 526 g/mol. The Labute approximate surface area is 235 Å². The molecule has 0 spiro atoms. The van der Waals surface area contributed by atoms with Crippen LogP contribution in [0.1, 0.15) is 0 Å². The molecular weight excluding hydrogens is 502 g/mol. The Hall–Kier alpha value is -5.54. The maximum absolute atomic E-state index is 6.54. The van der Waals surface area contributed by atoms with E-state index in [1.807, 2.05) is 18.2 Å². The van der Waals surface area contributed by atoms with Crippen LogP contribution in [0.25, 0.3) is 65.4 Å². The van der Waals surface area contributed by atoms with Gasteiger partial charge in [0, 0.05) is 55.4 Å². The molecule has 9 aromatic rings. The number of hydrogen-bond donors (Lipinski definition) is 0. The van der Waals surface area contributed by atoms with Crippen molar-refractivity contribution in [3.05, 3.63) is 140 Å². The first-order valence-corrected chi connectivity index (χ1v) is 13.9. The molecule has 0 unspecified atom stereocenters. The Morgan fingerprint density at radius 3 is 1.73 bits per heavy atom. The fourth-order valence-corrected chi connectivity index (χ4v) is 6.29. The van der Waals surface area contributed by atoms with Gasteiger partial charge in [-0.25, -0.2) is 0 Å². The van der Waals surface area contributed by atoms with Crippen LogP contribution in [0.15, 0.2) is 148 Å². The third-order valence-electron chi connectivity index (χ3n) is 8.22. The van der Waals surface area contributed by atoms with Gasteiger partial charge >= 0.3 is 0 Å². The molecule has 0 aliphatic heterocycles. The van der Waals surface area contributed by atoms with E-state index in [0.29, 0.717) is 0 Å². The molecule has 0 saturated heterocycles. The highest BCUT2D eigenvalue weighted by Crippen LogP contribution is 2.42. The molecule has 3 heteroatoms. The minimum atomic E-state index is 0.875. The minimum Gasteiger partial charge on any atom is -0.455 e. The van der Waals surface area contributed by atoms with Crippen molar-refractivity contribution >= 4 is 82.5 Å². The van der Waals surface area contributed by atoms with E-state index in [-0.39, 0.29) is 0 Å². The molecule has 0 N–H and O–H groups in total. The second-order valence-electron chi connectivity index (χ2n) is 10.6. The number of anilines is 3. The summed E-state index contributed by atoms with van der Waals surface area (Å²) < 4.78 is 12.9. The number of fused-ring (bicyclic) bond motifs is 10. The SMILES string of the molecule is c1ccc(N(c2ccc3c(ccc4c5ccccc5oc34)c2)c2ccc3c(c2)oc2c4ccccc4ccc32)cc1. The molecule has 0 aliphatic rings. The highest BCUT2D eigenvalue weighted by molar-refractivity contribution is 6.16. The summed E-state index contributed by atoms with van der Waals surface area (Å²) in [6.07, 6.45) is 0. The van der Waals surface area contributed by atoms with Crippen molar-refractivity contribution in [3.8, 4) is 0 Å². The fourth-order valence-electron chi connectivity index (χ4n) is 6.29. The Morgan fingerprint density at radius 2 is 0.902 bits per heavy atom. The zero-order chi connectivity index (χ0) is 26.9. The monoisotopic (exact) mass is 525 g/mol. The molecule has 2 heterocycles. The molecular formula is C38H23NO2. The number of benzene rings is 7. The summed E-state index contributed by atoms with van der Waals surface area (Å²) in [5.41, 5.74) is 6.84. The molecule has 9 rings (SSSR count). The van der Waals surface area contributed by atoms with Crippen molar-refractivity contribution in [2.75, 3.05) is 4.90 Å². The fraction of sp³-hybridized carbons (Fsp3) is 0. The highest BCUT2D eigenvalue weighted by Gasteiger charge is 2.18. The minimum absolute atomic E-state index is 0.875. The lowest BCUT2D eigenvalue weighted by Gasteiger charge is -2.25. The summed E-state index contributed by atoms with van der Waals surface area (Å²) in [6.45, 7) is 0. The van der Waals surface area contributed by atoms with Gasteiger partial charge in [-0.05, 0) is 71.4 Å². The molecule has 192 valence electrons. The second kappa shape index (κ2) is 8.48. The number of nitrogens with zero attached hydrogens (tertiary/aromatic N) is 1. The number of hydrogen-bond acceptors (Lipinski definition) is 3. The van der Waals surface area contributed by atoms with E-state index < -0.39 is 0 Å². The molecule has 0 saturated carbocycles.